The molecule has 6 N–H and O–H groups in total. The summed E-state index contributed by atoms with van der Waals surface area (Å²) in [5.74, 6) is 0.260. The minimum atomic E-state index is 0.260. The first-order valence-corrected chi connectivity index (χ1v) is 4.77. The Balaban J connectivity index is 2.91. The molecule has 4 heteroatoms. The van der Waals surface area contributed by atoms with E-state index in [1.165, 1.54) is 5.56 Å². The van der Waals surface area contributed by atoms with Crippen molar-refractivity contribution in [2.24, 2.45) is 17.2 Å². The Bertz CT molecular complexity index is 345. The second-order valence-corrected chi connectivity index (χ2v) is 3.50. The molecule has 0 aliphatic rings. The van der Waals surface area contributed by atoms with Crippen molar-refractivity contribution in [1.29, 1.82) is 0 Å². The molecule has 70 valence electrons. The Morgan fingerprint density at radius 1 is 1.23 bits per heavy atom. The summed E-state index contributed by atoms with van der Waals surface area (Å²) in [4.78, 5) is 0. The van der Waals surface area contributed by atoms with Crippen LogP contribution in [0.3, 0.4) is 0 Å². The lowest BCUT2D eigenvalue weighted by atomic mass is 10.1. The summed E-state index contributed by atoms with van der Waals surface area (Å²) in [5.41, 5.74) is 19.2. The summed E-state index contributed by atoms with van der Waals surface area (Å²) < 4.78 is 0. The molecule has 0 atom stereocenters. The second kappa shape index (κ2) is 4.00. The van der Waals surface area contributed by atoms with E-state index in [2.05, 4.69) is 0 Å². The molecule has 0 fully saturated rings. The van der Waals surface area contributed by atoms with Crippen LogP contribution in [-0.4, -0.2) is 0 Å². The van der Waals surface area contributed by atoms with Gasteiger partial charge in [-0.05, 0) is 30.0 Å². The van der Waals surface area contributed by atoms with Crippen molar-refractivity contribution >= 4 is 17.0 Å². The Hall–Kier alpha value is -1.42. The Labute approximate surface area is 81.5 Å². The molecule has 0 aromatic carbocycles. The number of hydrogen-bond donors (Lipinski definition) is 3. The van der Waals surface area contributed by atoms with Crippen molar-refractivity contribution < 1.29 is 0 Å². The van der Waals surface area contributed by atoms with E-state index < -0.39 is 0 Å². The zero-order valence-electron chi connectivity index (χ0n) is 7.45. The molecule has 0 radical (unpaired) electrons. The molecule has 0 aliphatic heterocycles. The van der Waals surface area contributed by atoms with Crippen molar-refractivity contribution in [3.8, 4) is 0 Å². The number of rotatable bonds is 2. The minimum absolute atomic E-state index is 0.260. The summed E-state index contributed by atoms with van der Waals surface area (Å²) in [6, 6.07) is 0. The van der Waals surface area contributed by atoms with Gasteiger partial charge in [-0.2, -0.15) is 11.3 Å². The Morgan fingerprint density at radius 3 is 2.38 bits per heavy atom. The van der Waals surface area contributed by atoms with Crippen LogP contribution in [0.15, 0.2) is 28.7 Å². The van der Waals surface area contributed by atoms with Gasteiger partial charge in [0.2, 0.25) is 0 Å². The topological polar surface area (TPSA) is 78.1 Å². The molecule has 1 aromatic rings. The summed E-state index contributed by atoms with van der Waals surface area (Å²) in [5, 5.41) is 4.05. The van der Waals surface area contributed by atoms with Crippen LogP contribution in [0.5, 0.6) is 0 Å². The Kier molecular flexibility index (Phi) is 2.97. The van der Waals surface area contributed by atoms with E-state index in [9.17, 15) is 0 Å². The van der Waals surface area contributed by atoms with Crippen LogP contribution in [0.2, 0.25) is 0 Å². The van der Waals surface area contributed by atoms with E-state index in [-0.39, 0.29) is 5.82 Å². The molecule has 1 heterocycles. The normalized spacial score (nSPS) is 11.3. The fourth-order valence-electron chi connectivity index (χ4n) is 0.932. The lowest BCUT2D eigenvalue weighted by molar-refractivity contribution is 1.25. The van der Waals surface area contributed by atoms with Crippen LogP contribution in [0.1, 0.15) is 11.1 Å². The monoisotopic (exact) mass is 195 g/mol. The number of nitrogens with two attached hydrogens (primary N) is 3. The highest BCUT2D eigenvalue weighted by Crippen LogP contribution is 2.18. The molecule has 0 saturated carbocycles. The molecule has 0 unspecified atom stereocenters. The average Bonchev–Trinajstić information content (AvgIpc) is 2.47. The van der Waals surface area contributed by atoms with Gasteiger partial charge in [-0.3, -0.25) is 0 Å². The van der Waals surface area contributed by atoms with Gasteiger partial charge in [-0.15, -0.1) is 0 Å². The van der Waals surface area contributed by atoms with Gasteiger partial charge >= 0.3 is 0 Å². The fraction of sp³-hybridized carbons (Fsp3) is 0.111. The first kappa shape index (κ1) is 9.67. The molecular formula is C9H13N3S. The average molecular weight is 195 g/mol. The van der Waals surface area contributed by atoms with E-state index in [0.29, 0.717) is 5.70 Å². The number of thiophene rings is 1. The largest absolute Gasteiger partial charge is 0.398 e. The minimum Gasteiger partial charge on any atom is -0.398 e. The number of hydrogen-bond acceptors (Lipinski definition) is 4. The van der Waals surface area contributed by atoms with E-state index in [4.69, 9.17) is 17.2 Å². The van der Waals surface area contributed by atoms with Crippen LogP contribution in [0.25, 0.3) is 5.70 Å². The standard InChI is InChI=1S/C9H13N3S/c1-6-4-13-5-7(6)8(10)2-3-9(11)12/h2-5H,10-12H2,1H3/b8-2-. The quantitative estimate of drug-likeness (QED) is 0.619. The highest BCUT2D eigenvalue weighted by atomic mass is 32.1. The molecular weight excluding hydrogens is 182 g/mol. The zero-order chi connectivity index (χ0) is 9.84. The van der Waals surface area contributed by atoms with Gasteiger partial charge in [0.15, 0.2) is 0 Å². The van der Waals surface area contributed by atoms with E-state index in [1.54, 1.807) is 23.5 Å². The third kappa shape index (κ3) is 2.52. The number of aryl methyl sites for hydroxylation is 1. The second-order valence-electron chi connectivity index (χ2n) is 2.76. The fourth-order valence-corrected chi connectivity index (χ4v) is 1.79. The van der Waals surface area contributed by atoms with Crippen LogP contribution in [-0.2, 0) is 0 Å². The maximum Gasteiger partial charge on any atom is 0.0934 e. The van der Waals surface area contributed by atoms with Crippen molar-refractivity contribution in [3.63, 3.8) is 0 Å². The third-order valence-corrected chi connectivity index (χ3v) is 2.48. The number of allylic oxidation sites excluding steroid dienone is 2. The molecule has 0 bridgehead atoms. The third-order valence-electron chi connectivity index (χ3n) is 1.62. The predicted molar refractivity (Wildman–Crippen MR) is 57.7 cm³/mol. The van der Waals surface area contributed by atoms with Crippen molar-refractivity contribution in [2.45, 2.75) is 6.92 Å². The lowest BCUT2D eigenvalue weighted by Gasteiger charge is -1.98. The highest BCUT2D eigenvalue weighted by molar-refractivity contribution is 7.08. The van der Waals surface area contributed by atoms with Gasteiger partial charge in [-0.1, -0.05) is 0 Å². The first-order valence-electron chi connectivity index (χ1n) is 3.83. The highest BCUT2D eigenvalue weighted by Gasteiger charge is 2.00. The molecule has 0 aliphatic carbocycles. The van der Waals surface area contributed by atoms with Crippen molar-refractivity contribution in [3.05, 3.63) is 39.9 Å². The van der Waals surface area contributed by atoms with Gasteiger partial charge < -0.3 is 17.2 Å². The molecule has 1 rings (SSSR count). The first-order chi connectivity index (χ1) is 6.11. The maximum atomic E-state index is 5.80. The van der Waals surface area contributed by atoms with Gasteiger partial charge in [0.1, 0.15) is 0 Å². The van der Waals surface area contributed by atoms with Gasteiger partial charge in [-0.25, -0.2) is 0 Å². The summed E-state index contributed by atoms with van der Waals surface area (Å²) in [6.45, 7) is 2.02. The summed E-state index contributed by atoms with van der Waals surface area (Å²) in [6.07, 6.45) is 3.30. The summed E-state index contributed by atoms with van der Waals surface area (Å²) in [7, 11) is 0. The maximum absolute atomic E-state index is 5.80. The SMILES string of the molecule is Cc1cscc1/C(N)=C/C=C(N)N. The van der Waals surface area contributed by atoms with Crippen LogP contribution in [0, 0.1) is 6.92 Å². The smallest absolute Gasteiger partial charge is 0.0934 e. The van der Waals surface area contributed by atoms with Gasteiger partial charge in [0, 0.05) is 16.6 Å². The van der Waals surface area contributed by atoms with Crippen LogP contribution < -0.4 is 17.2 Å². The van der Waals surface area contributed by atoms with Gasteiger partial charge in [0.05, 0.1) is 5.82 Å². The van der Waals surface area contributed by atoms with Crippen molar-refractivity contribution in [1.82, 2.24) is 0 Å². The Morgan fingerprint density at radius 2 is 1.92 bits per heavy atom. The van der Waals surface area contributed by atoms with Crippen LogP contribution in [0.4, 0.5) is 0 Å². The van der Waals surface area contributed by atoms with Crippen molar-refractivity contribution in [2.75, 3.05) is 0 Å². The van der Waals surface area contributed by atoms with E-state index in [0.717, 1.165) is 5.56 Å². The molecule has 0 amide bonds. The van der Waals surface area contributed by atoms with Crippen LogP contribution >= 0.6 is 11.3 Å². The van der Waals surface area contributed by atoms with Gasteiger partial charge in [0.25, 0.3) is 0 Å². The van der Waals surface area contributed by atoms with E-state index in [1.807, 2.05) is 17.7 Å². The molecule has 0 saturated heterocycles. The zero-order valence-corrected chi connectivity index (χ0v) is 8.27. The molecule has 3 nitrogen and oxygen atoms in total. The van der Waals surface area contributed by atoms with E-state index >= 15 is 0 Å². The molecule has 1 aromatic heterocycles. The lowest BCUT2D eigenvalue weighted by Crippen LogP contribution is -2.07. The predicted octanol–water partition coefficient (Wildman–Crippen LogP) is 1.11. The molecule has 0 spiro atoms. The summed E-state index contributed by atoms with van der Waals surface area (Å²) >= 11 is 1.62. The molecule has 13 heavy (non-hydrogen) atoms.